The molecule has 2 unspecified atom stereocenters. The molecule has 5 rings (SSSR count). The number of nitrogens with zero attached hydrogens (tertiary/aromatic N) is 2. The van der Waals surface area contributed by atoms with Gasteiger partial charge >= 0.3 is 0 Å². The number of carbonyl (C=O) groups is 1. The highest BCUT2D eigenvalue weighted by Crippen LogP contribution is 2.60. The first-order valence-electron chi connectivity index (χ1n) is 8.58. The van der Waals surface area contributed by atoms with Gasteiger partial charge in [-0.1, -0.05) is 43.3 Å². The van der Waals surface area contributed by atoms with Crippen LogP contribution < -0.4 is 5.32 Å². The van der Waals surface area contributed by atoms with Crippen LogP contribution in [0.15, 0.2) is 57.8 Å². The summed E-state index contributed by atoms with van der Waals surface area (Å²) in [7, 11) is 0. The van der Waals surface area contributed by atoms with Crippen LogP contribution in [0, 0.1) is 11.3 Å². The molecule has 1 N–H and O–H groups in total. The first-order chi connectivity index (χ1) is 11.7. The first kappa shape index (κ1) is 13.9. The van der Waals surface area contributed by atoms with E-state index in [-0.39, 0.29) is 16.9 Å². The number of Topliss-reactive ketones (excluding diaryl/α,β-unsaturated/α-hetero) is 1. The summed E-state index contributed by atoms with van der Waals surface area (Å²) in [5.74, 6) is 0.418. The number of aliphatic imine (C=N–C) groups is 2. The molecular weight excluding hydrogens is 298 g/mol. The minimum Gasteiger partial charge on any atom is -0.360 e. The lowest BCUT2D eigenvalue weighted by Gasteiger charge is -2.40. The summed E-state index contributed by atoms with van der Waals surface area (Å²) < 4.78 is 0. The minimum absolute atomic E-state index is 0.0492. The number of nitrogens with one attached hydrogen (secondary N) is 1. The van der Waals surface area contributed by atoms with Crippen LogP contribution in [0.5, 0.6) is 0 Å². The Kier molecular flexibility index (Phi) is 2.62. The molecule has 2 fully saturated rings. The summed E-state index contributed by atoms with van der Waals surface area (Å²) in [6.07, 6.45) is 8.50. The molecule has 0 aromatic heterocycles. The van der Waals surface area contributed by atoms with Crippen molar-refractivity contribution < 1.29 is 4.79 Å². The highest BCUT2D eigenvalue weighted by Gasteiger charge is 2.67. The highest BCUT2D eigenvalue weighted by molar-refractivity contribution is 6.22. The van der Waals surface area contributed by atoms with Gasteiger partial charge in [0.2, 0.25) is 0 Å². The van der Waals surface area contributed by atoms with E-state index in [1.807, 2.05) is 31.2 Å². The molecule has 120 valence electrons. The van der Waals surface area contributed by atoms with E-state index in [0.717, 1.165) is 41.9 Å². The summed E-state index contributed by atoms with van der Waals surface area (Å²) in [4.78, 5) is 22.2. The Morgan fingerprint density at radius 1 is 1.21 bits per heavy atom. The maximum absolute atomic E-state index is 12.7. The summed E-state index contributed by atoms with van der Waals surface area (Å²) in [6, 6.07) is 10.2. The zero-order valence-corrected chi connectivity index (χ0v) is 13.6. The van der Waals surface area contributed by atoms with Crippen molar-refractivity contribution in [1.82, 2.24) is 5.32 Å². The minimum atomic E-state index is -0.347. The molecule has 2 saturated carbocycles. The van der Waals surface area contributed by atoms with Crippen molar-refractivity contribution in [1.29, 1.82) is 0 Å². The smallest absolute Gasteiger partial charge is 0.147 e. The first-order valence-corrected chi connectivity index (χ1v) is 8.58. The molecule has 0 radical (unpaired) electrons. The number of rotatable bonds is 2. The Morgan fingerprint density at radius 2 is 2.00 bits per heavy atom. The normalized spacial score (nSPS) is 32.1. The Hall–Kier alpha value is -2.49. The Bertz CT molecular complexity index is 858. The van der Waals surface area contributed by atoms with Crippen LogP contribution in [-0.4, -0.2) is 23.4 Å². The van der Waals surface area contributed by atoms with Crippen LogP contribution in [0.25, 0.3) is 6.08 Å². The van der Waals surface area contributed by atoms with Gasteiger partial charge in [0, 0.05) is 5.92 Å². The molecule has 0 bridgehead atoms. The predicted molar refractivity (Wildman–Crippen MR) is 94.8 cm³/mol. The number of hydrogen-bond donors (Lipinski definition) is 1. The largest absolute Gasteiger partial charge is 0.360 e. The molecule has 24 heavy (non-hydrogen) atoms. The van der Waals surface area contributed by atoms with Gasteiger partial charge in [-0.2, -0.15) is 0 Å². The molecule has 0 amide bonds. The van der Waals surface area contributed by atoms with E-state index in [4.69, 9.17) is 4.99 Å². The zero-order valence-electron chi connectivity index (χ0n) is 13.6. The van der Waals surface area contributed by atoms with Gasteiger partial charge in [0.1, 0.15) is 11.3 Å². The van der Waals surface area contributed by atoms with E-state index in [0.29, 0.717) is 5.78 Å². The predicted octanol–water partition coefficient (Wildman–Crippen LogP) is 3.13. The highest BCUT2D eigenvalue weighted by atomic mass is 16.1. The number of fused-ring (bicyclic) bond motifs is 1. The number of hydrogen-bond acceptors (Lipinski definition) is 4. The fraction of sp³-hybridized carbons (Fsp3) is 0.350. The summed E-state index contributed by atoms with van der Waals surface area (Å²) >= 11 is 0. The van der Waals surface area contributed by atoms with Crippen LogP contribution in [-0.2, 0) is 4.79 Å². The van der Waals surface area contributed by atoms with Crippen molar-refractivity contribution in [3.8, 4) is 0 Å². The fourth-order valence-electron chi connectivity index (χ4n) is 4.49. The molecule has 4 heteroatoms. The summed E-state index contributed by atoms with van der Waals surface area (Å²) in [5.41, 5.74) is 3.35. The van der Waals surface area contributed by atoms with E-state index in [2.05, 4.69) is 28.5 Å². The molecule has 0 saturated heterocycles. The van der Waals surface area contributed by atoms with Gasteiger partial charge in [-0.3, -0.25) is 9.79 Å². The lowest BCUT2D eigenvalue weighted by Crippen LogP contribution is -2.59. The second-order valence-corrected chi connectivity index (χ2v) is 7.30. The van der Waals surface area contributed by atoms with E-state index in [9.17, 15) is 4.79 Å². The van der Waals surface area contributed by atoms with Crippen LogP contribution in [0.1, 0.15) is 31.7 Å². The van der Waals surface area contributed by atoms with Crippen molar-refractivity contribution in [2.45, 2.75) is 31.7 Å². The Balaban J connectivity index is 1.60. The average Bonchev–Trinajstić information content (AvgIpc) is 3.18. The molecule has 1 aromatic carbocycles. The summed E-state index contributed by atoms with van der Waals surface area (Å²) in [5, 5.41) is 3.44. The molecule has 2 aliphatic heterocycles. The second kappa shape index (κ2) is 4.53. The third-order valence-electron chi connectivity index (χ3n) is 5.76. The van der Waals surface area contributed by atoms with Crippen molar-refractivity contribution in [2.24, 2.45) is 21.3 Å². The van der Waals surface area contributed by atoms with Crippen LogP contribution in [0.3, 0.4) is 0 Å². The Labute approximate surface area is 141 Å². The van der Waals surface area contributed by atoms with Crippen molar-refractivity contribution in [3.63, 3.8) is 0 Å². The van der Waals surface area contributed by atoms with E-state index < -0.39 is 0 Å². The van der Waals surface area contributed by atoms with E-state index in [1.54, 1.807) is 6.34 Å². The molecule has 4 nitrogen and oxygen atoms in total. The van der Waals surface area contributed by atoms with Crippen LogP contribution >= 0.6 is 0 Å². The van der Waals surface area contributed by atoms with Gasteiger partial charge in [-0.25, -0.2) is 4.99 Å². The molecular formula is C20H19N3O. The van der Waals surface area contributed by atoms with E-state index >= 15 is 0 Å². The quantitative estimate of drug-likeness (QED) is 0.911. The number of carbonyl (C=O) groups excluding carboxylic acids is 1. The van der Waals surface area contributed by atoms with Gasteiger partial charge in [0.15, 0.2) is 0 Å². The maximum Gasteiger partial charge on any atom is 0.147 e. The lowest BCUT2D eigenvalue weighted by molar-refractivity contribution is -0.126. The fourth-order valence-corrected chi connectivity index (χ4v) is 4.49. The number of ketones is 1. The van der Waals surface area contributed by atoms with Gasteiger partial charge in [-0.15, -0.1) is 0 Å². The molecule has 1 aromatic rings. The maximum atomic E-state index is 12.7. The molecule has 2 spiro atoms. The third kappa shape index (κ3) is 1.66. The topological polar surface area (TPSA) is 53.8 Å². The zero-order chi connectivity index (χ0) is 16.4. The summed E-state index contributed by atoms with van der Waals surface area (Å²) in [6.45, 7) is 2.04. The van der Waals surface area contributed by atoms with Gasteiger partial charge < -0.3 is 5.32 Å². The van der Waals surface area contributed by atoms with E-state index in [1.165, 1.54) is 0 Å². The van der Waals surface area contributed by atoms with Crippen LogP contribution in [0.2, 0.25) is 0 Å². The number of allylic oxidation sites excluding steroid dienone is 1. The molecule has 2 aliphatic carbocycles. The van der Waals surface area contributed by atoms with Crippen molar-refractivity contribution in [3.05, 3.63) is 53.4 Å². The molecule has 2 heterocycles. The third-order valence-corrected chi connectivity index (χ3v) is 5.76. The molecule has 2 atom stereocenters. The lowest BCUT2D eigenvalue weighted by atomic mass is 9.66. The second-order valence-electron chi connectivity index (χ2n) is 7.30. The monoisotopic (exact) mass is 317 g/mol. The van der Waals surface area contributed by atoms with Gasteiger partial charge in [-0.05, 0) is 30.9 Å². The Morgan fingerprint density at radius 3 is 2.75 bits per heavy atom. The van der Waals surface area contributed by atoms with Crippen molar-refractivity contribution in [2.75, 3.05) is 0 Å². The SMILES string of the molecule is CC1CC23NC=NC2=C(/C=C/c2ccccc2)N=C3C2(CC2)C1=O. The van der Waals surface area contributed by atoms with Gasteiger partial charge in [0.25, 0.3) is 0 Å². The van der Waals surface area contributed by atoms with Gasteiger partial charge in [0.05, 0.1) is 28.9 Å². The van der Waals surface area contributed by atoms with Crippen molar-refractivity contribution >= 4 is 23.9 Å². The standard InChI is InChI=1S/C20H19N3O/c1-13-11-20-16(21-12-22-20)15(8-7-14-5-3-2-4-6-14)23-18(20)19(9-10-19)17(13)24/h2-8,12-13H,9-11H2,1H3,(H,21,22)/b8-7+. The van der Waals surface area contributed by atoms with Crippen LogP contribution in [0.4, 0.5) is 0 Å². The number of benzene rings is 1. The average molecular weight is 317 g/mol. The molecule has 4 aliphatic rings.